The first-order chi connectivity index (χ1) is 13.6. The number of methoxy groups -OCH3 is 1. The van der Waals surface area contributed by atoms with Crippen molar-refractivity contribution >= 4 is 17.6 Å². The highest BCUT2D eigenvalue weighted by molar-refractivity contribution is 5.89. The standard InChI is InChI=1S/C20H18N4O4/c1-26-20(25)14-5-3-13(4-6-14)15-10-22-18(21)19(24-15)23-9-12-2-7-16-17(8-12)28-11-27-16/h2-8,10H,9,11H2,1H3,(H2,21,22)(H,23,24). The maximum Gasteiger partial charge on any atom is 0.337 e. The molecule has 0 saturated carbocycles. The predicted molar refractivity (Wildman–Crippen MR) is 103 cm³/mol. The van der Waals surface area contributed by atoms with Crippen molar-refractivity contribution in [2.75, 3.05) is 25.0 Å². The second kappa shape index (κ2) is 7.43. The fourth-order valence-electron chi connectivity index (χ4n) is 2.80. The minimum absolute atomic E-state index is 0.238. The van der Waals surface area contributed by atoms with Crippen molar-refractivity contribution in [1.29, 1.82) is 0 Å². The lowest BCUT2D eigenvalue weighted by Gasteiger charge is -2.10. The highest BCUT2D eigenvalue weighted by atomic mass is 16.7. The molecule has 0 spiro atoms. The van der Waals surface area contributed by atoms with Crippen LogP contribution in [-0.4, -0.2) is 29.8 Å². The first kappa shape index (κ1) is 17.6. The maximum absolute atomic E-state index is 11.6. The number of hydrogen-bond acceptors (Lipinski definition) is 8. The van der Waals surface area contributed by atoms with Gasteiger partial charge in [-0.3, -0.25) is 0 Å². The van der Waals surface area contributed by atoms with Crippen molar-refractivity contribution in [1.82, 2.24) is 9.97 Å². The minimum Gasteiger partial charge on any atom is -0.465 e. The molecule has 0 aliphatic carbocycles. The Morgan fingerprint density at radius 2 is 1.96 bits per heavy atom. The molecule has 4 rings (SSSR count). The molecule has 8 heteroatoms. The van der Waals surface area contributed by atoms with E-state index in [1.54, 1.807) is 30.5 Å². The number of anilines is 2. The van der Waals surface area contributed by atoms with E-state index < -0.39 is 0 Å². The van der Waals surface area contributed by atoms with Crippen molar-refractivity contribution < 1.29 is 19.0 Å². The van der Waals surface area contributed by atoms with Crippen LogP contribution < -0.4 is 20.5 Å². The van der Waals surface area contributed by atoms with Crippen LogP contribution >= 0.6 is 0 Å². The number of hydrogen-bond donors (Lipinski definition) is 2. The van der Waals surface area contributed by atoms with Crippen LogP contribution in [0.5, 0.6) is 11.5 Å². The van der Waals surface area contributed by atoms with Crippen LogP contribution in [-0.2, 0) is 11.3 Å². The van der Waals surface area contributed by atoms with E-state index in [0.717, 1.165) is 22.6 Å². The van der Waals surface area contributed by atoms with Crippen LogP contribution in [0.25, 0.3) is 11.3 Å². The van der Waals surface area contributed by atoms with Gasteiger partial charge in [-0.05, 0) is 29.8 Å². The van der Waals surface area contributed by atoms with Gasteiger partial charge in [-0.25, -0.2) is 14.8 Å². The van der Waals surface area contributed by atoms with E-state index in [-0.39, 0.29) is 12.8 Å². The van der Waals surface area contributed by atoms with Crippen LogP contribution in [0, 0.1) is 0 Å². The van der Waals surface area contributed by atoms with Gasteiger partial charge in [-0.2, -0.15) is 0 Å². The molecule has 1 aromatic heterocycles. The Balaban J connectivity index is 1.51. The molecule has 3 N–H and O–H groups in total. The molecule has 1 aliphatic rings. The second-order valence-electron chi connectivity index (χ2n) is 6.10. The van der Waals surface area contributed by atoms with Gasteiger partial charge < -0.3 is 25.3 Å². The summed E-state index contributed by atoms with van der Waals surface area (Å²) in [6, 6.07) is 12.7. The van der Waals surface area contributed by atoms with Gasteiger partial charge in [0.05, 0.1) is 24.6 Å². The number of benzene rings is 2. The lowest BCUT2D eigenvalue weighted by molar-refractivity contribution is 0.0600. The van der Waals surface area contributed by atoms with Crippen molar-refractivity contribution in [3.8, 4) is 22.8 Å². The van der Waals surface area contributed by atoms with Crippen LogP contribution in [0.3, 0.4) is 0 Å². The van der Waals surface area contributed by atoms with Gasteiger partial charge in [0.15, 0.2) is 23.1 Å². The zero-order chi connectivity index (χ0) is 19.5. The Morgan fingerprint density at radius 3 is 2.75 bits per heavy atom. The summed E-state index contributed by atoms with van der Waals surface area (Å²) in [7, 11) is 1.35. The zero-order valence-corrected chi connectivity index (χ0v) is 15.1. The first-order valence-electron chi connectivity index (χ1n) is 8.57. The normalized spacial score (nSPS) is 11.9. The molecular formula is C20H18N4O4. The molecular weight excluding hydrogens is 360 g/mol. The average molecular weight is 378 g/mol. The lowest BCUT2D eigenvalue weighted by atomic mass is 10.1. The molecule has 0 unspecified atom stereocenters. The van der Waals surface area contributed by atoms with Crippen LogP contribution in [0.2, 0.25) is 0 Å². The van der Waals surface area contributed by atoms with Crippen molar-refractivity contribution in [2.24, 2.45) is 0 Å². The molecule has 0 saturated heterocycles. The van der Waals surface area contributed by atoms with Gasteiger partial charge >= 0.3 is 5.97 Å². The Kier molecular flexibility index (Phi) is 4.67. The largest absolute Gasteiger partial charge is 0.465 e. The summed E-state index contributed by atoms with van der Waals surface area (Å²) < 4.78 is 15.4. The molecule has 0 atom stereocenters. The Labute approximate surface area is 161 Å². The van der Waals surface area contributed by atoms with Crippen molar-refractivity contribution in [2.45, 2.75) is 6.54 Å². The molecule has 0 bridgehead atoms. The number of fused-ring (bicyclic) bond motifs is 1. The molecule has 0 radical (unpaired) electrons. The summed E-state index contributed by atoms with van der Waals surface area (Å²) in [6.07, 6.45) is 1.59. The van der Waals surface area contributed by atoms with Gasteiger partial charge in [0.2, 0.25) is 6.79 Å². The Morgan fingerprint density at radius 1 is 1.18 bits per heavy atom. The third-order valence-corrected chi connectivity index (χ3v) is 4.30. The molecule has 1 aliphatic heterocycles. The topological polar surface area (TPSA) is 109 Å². The lowest BCUT2D eigenvalue weighted by Crippen LogP contribution is -2.07. The Bertz CT molecular complexity index is 1020. The van der Waals surface area contributed by atoms with Gasteiger partial charge in [-0.15, -0.1) is 0 Å². The van der Waals surface area contributed by atoms with Gasteiger partial charge in [0.1, 0.15) is 0 Å². The van der Waals surface area contributed by atoms with E-state index in [2.05, 4.69) is 15.3 Å². The number of nitrogens with two attached hydrogens (primary N) is 1. The number of esters is 1. The molecule has 3 aromatic rings. The first-order valence-corrected chi connectivity index (χ1v) is 8.57. The summed E-state index contributed by atoms with van der Waals surface area (Å²) in [5.74, 6) is 1.85. The second-order valence-corrected chi connectivity index (χ2v) is 6.10. The number of carbonyl (C=O) groups excluding carboxylic acids is 1. The summed E-state index contributed by atoms with van der Waals surface area (Å²) in [4.78, 5) is 20.3. The predicted octanol–water partition coefficient (Wildman–Crippen LogP) is 2.85. The third kappa shape index (κ3) is 3.52. The average Bonchev–Trinajstić information content (AvgIpc) is 3.20. The molecule has 2 heterocycles. The number of nitrogens with one attached hydrogen (secondary N) is 1. The maximum atomic E-state index is 11.6. The van der Waals surface area contributed by atoms with Crippen LogP contribution in [0.1, 0.15) is 15.9 Å². The number of nitrogen functional groups attached to an aromatic ring is 1. The molecule has 8 nitrogen and oxygen atoms in total. The van der Waals surface area contributed by atoms with E-state index in [1.807, 2.05) is 18.2 Å². The van der Waals surface area contributed by atoms with E-state index in [9.17, 15) is 4.79 Å². The Hall–Kier alpha value is -3.81. The SMILES string of the molecule is COC(=O)c1ccc(-c2cnc(N)c(NCc3ccc4c(c3)OCO4)n2)cc1. The number of carbonyl (C=O) groups is 1. The van der Waals surface area contributed by atoms with E-state index in [0.29, 0.717) is 29.4 Å². The molecule has 0 fully saturated rings. The van der Waals surface area contributed by atoms with Crippen molar-refractivity contribution in [3.63, 3.8) is 0 Å². The summed E-state index contributed by atoms with van der Waals surface area (Å²) in [5.41, 5.74) is 8.88. The van der Waals surface area contributed by atoms with Crippen molar-refractivity contribution in [3.05, 3.63) is 59.8 Å². The van der Waals surface area contributed by atoms with Crippen LogP contribution in [0.4, 0.5) is 11.6 Å². The molecule has 28 heavy (non-hydrogen) atoms. The van der Waals surface area contributed by atoms with Crippen LogP contribution in [0.15, 0.2) is 48.7 Å². The molecule has 2 aromatic carbocycles. The van der Waals surface area contributed by atoms with Gasteiger partial charge in [-0.1, -0.05) is 18.2 Å². The highest BCUT2D eigenvalue weighted by Gasteiger charge is 2.14. The third-order valence-electron chi connectivity index (χ3n) is 4.30. The smallest absolute Gasteiger partial charge is 0.337 e. The van der Waals surface area contributed by atoms with E-state index >= 15 is 0 Å². The van der Waals surface area contributed by atoms with E-state index in [1.165, 1.54) is 7.11 Å². The summed E-state index contributed by atoms with van der Waals surface area (Å²) in [5, 5.41) is 3.20. The fraction of sp³-hybridized carbons (Fsp3) is 0.150. The minimum atomic E-state index is -0.388. The molecule has 142 valence electrons. The van der Waals surface area contributed by atoms with Gasteiger partial charge in [0, 0.05) is 12.1 Å². The fourth-order valence-corrected chi connectivity index (χ4v) is 2.80. The highest BCUT2D eigenvalue weighted by Crippen LogP contribution is 2.32. The zero-order valence-electron chi connectivity index (χ0n) is 15.1. The van der Waals surface area contributed by atoms with E-state index in [4.69, 9.17) is 19.9 Å². The number of aromatic nitrogens is 2. The number of nitrogens with zero attached hydrogens (tertiary/aromatic N) is 2. The number of rotatable bonds is 5. The monoisotopic (exact) mass is 378 g/mol. The van der Waals surface area contributed by atoms with Gasteiger partial charge in [0.25, 0.3) is 0 Å². The summed E-state index contributed by atoms with van der Waals surface area (Å²) >= 11 is 0. The quantitative estimate of drug-likeness (QED) is 0.653. The number of ether oxygens (including phenoxy) is 3. The summed E-state index contributed by atoms with van der Waals surface area (Å²) in [6.45, 7) is 0.738. The molecule has 0 amide bonds.